The average Bonchev–Trinajstić information content (AvgIpc) is 2.25. The molecule has 0 rings (SSSR count). The quantitative estimate of drug-likeness (QED) is 0.372. The summed E-state index contributed by atoms with van der Waals surface area (Å²) >= 11 is -2.24. The lowest BCUT2D eigenvalue weighted by Gasteiger charge is -2.08. The molecule has 0 heterocycles. The van der Waals surface area contributed by atoms with E-state index in [1.165, 1.54) is 0 Å². The van der Waals surface area contributed by atoms with Crippen molar-refractivity contribution in [1.29, 1.82) is 0 Å². The molecule has 0 spiro atoms. The van der Waals surface area contributed by atoms with Crippen LogP contribution in [0.5, 0.6) is 0 Å². The maximum atomic E-state index is 11.0. The van der Waals surface area contributed by atoms with Gasteiger partial charge in [0.1, 0.15) is 5.75 Å². The summed E-state index contributed by atoms with van der Waals surface area (Å²) in [5.41, 5.74) is 0. The van der Waals surface area contributed by atoms with Crippen molar-refractivity contribution in [2.75, 3.05) is 19.1 Å². The first-order valence-corrected chi connectivity index (χ1v) is 6.27. The zero-order valence-electron chi connectivity index (χ0n) is 10.0. The molecule has 0 radical (unpaired) electrons. The predicted molar refractivity (Wildman–Crippen MR) is 60.9 cm³/mol. The van der Waals surface area contributed by atoms with Crippen molar-refractivity contribution in [3.05, 3.63) is 0 Å². The van der Waals surface area contributed by atoms with Crippen molar-refractivity contribution >= 4 is 28.9 Å². The van der Waals surface area contributed by atoms with E-state index in [-0.39, 0.29) is 5.92 Å². The summed E-state index contributed by atoms with van der Waals surface area (Å²) in [7, 11) is 0. The van der Waals surface area contributed by atoms with Crippen LogP contribution in [0.4, 0.5) is 4.79 Å². The largest absolute Gasteiger partial charge is 0.428 e. The smallest absolute Gasteiger partial charge is 0.410 e. The average molecular weight is 281 g/mol. The van der Waals surface area contributed by atoms with Gasteiger partial charge in [0.25, 0.3) is 0 Å². The Morgan fingerprint density at radius 2 is 1.89 bits per heavy atom. The normalized spacial score (nSPS) is 11.8. The Morgan fingerprint density at radius 3 is 2.39 bits per heavy atom. The van der Waals surface area contributed by atoms with Gasteiger partial charge in [-0.25, -0.2) is 9.00 Å². The number of rotatable bonds is 7. The van der Waals surface area contributed by atoms with Crippen molar-refractivity contribution in [3.8, 4) is 0 Å². The van der Waals surface area contributed by atoms with E-state index >= 15 is 0 Å². The molecule has 1 amide bonds. The molecule has 0 fully saturated rings. The van der Waals surface area contributed by atoms with Gasteiger partial charge in [0.05, 0.1) is 12.5 Å². The zero-order valence-corrected chi connectivity index (χ0v) is 10.8. The summed E-state index contributed by atoms with van der Waals surface area (Å²) in [6, 6.07) is 0. The molecule has 9 heteroatoms. The molecular formula is C9H15NO7S. The number of Topliss-reactive ketones (excluding diaryl/α,β-unsaturated/α-hetero) is 1. The molecule has 0 saturated heterocycles. The number of carbonyl (C=O) groups is 3. The van der Waals surface area contributed by atoms with Crippen LogP contribution in [0.2, 0.25) is 0 Å². The third kappa shape index (κ3) is 8.65. The molecule has 0 aliphatic heterocycles. The lowest BCUT2D eigenvalue weighted by atomic mass is 10.2. The van der Waals surface area contributed by atoms with Crippen LogP contribution in [0.15, 0.2) is 0 Å². The van der Waals surface area contributed by atoms with Gasteiger partial charge in [-0.2, -0.15) is 0 Å². The SMILES string of the molecule is CC(C)C(=O)OCOC(=O)NCC(=O)CS(=O)O. The van der Waals surface area contributed by atoms with Gasteiger partial charge in [-0.1, -0.05) is 13.8 Å². The van der Waals surface area contributed by atoms with Gasteiger partial charge in [-0.05, 0) is 0 Å². The van der Waals surface area contributed by atoms with Crippen LogP contribution >= 0.6 is 0 Å². The highest BCUT2D eigenvalue weighted by molar-refractivity contribution is 7.80. The van der Waals surface area contributed by atoms with E-state index in [0.29, 0.717) is 0 Å². The minimum absolute atomic E-state index is 0.335. The van der Waals surface area contributed by atoms with Crippen molar-refractivity contribution in [3.63, 3.8) is 0 Å². The lowest BCUT2D eigenvalue weighted by Crippen LogP contribution is -2.33. The van der Waals surface area contributed by atoms with Crippen LogP contribution in [0.1, 0.15) is 13.8 Å². The molecular weight excluding hydrogens is 266 g/mol. The number of hydrogen-bond acceptors (Lipinski definition) is 6. The number of carbonyl (C=O) groups excluding carboxylic acids is 3. The van der Waals surface area contributed by atoms with E-state index in [4.69, 9.17) is 4.55 Å². The first-order valence-electron chi connectivity index (χ1n) is 4.99. The molecule has 0 aromatic rings. The minimum atomic E-state index is -2.24. The highest BCUT2D eigenvalue weighted by Gasteiger charge is 2.11. The Morgan fingerprint density at radius 1 is 1.28 bits per heavy atom. The van der Waals surface area contributed by atoms with E-state index in [1.54, 1.807) is 13.8 Å². The lowest BCUT2D eigenvalue weighted by molar-refractivity contribution is -0.155. The predicted octanol–water partition coefficient (Wildman–Crippen LogP) is -0.340. The highest BCUT2D eigenvalue weighted by atomic mass is 32.2. The zero-order chi connectivity index (χ0) is 14.1. The second-order valence-electron chi connectivity index (χ2n) is 3.53. The molecule has 0 aliphatic rings. The van der Waals surface area contributed by atoms with Crippen LogP contribution < -0.4 is 5.32 Å². The van der Waals surface area contributed by atoms with Crippen LogP contribution in [0.3, 0.4) is 0 Å². The van der Waals surface area contributed by atoms with E-state index in [0.717, 1.165) is 0 Å². The molecule has 0 saturated carbocycles. The summed E-state index contributed by atoms with van der Waals surface area (Å²) in [5, 5.41) is 2.04. The molecule has 0 aromatic heterocycles. The number of ketones is 1. The van der Waals surface area contributed by atoms with Gasteiger partial charge in [-0.3, -0.25) is 9.59 Å². The van der Waals surface area contributed by atoms with Crippen LogP contribution in [0.25, 0.3) is 0 Å². The van der Waals surface area contributed by atoms with E-state index < -0.39 is 48.0 Å². The Kier molecular flexibility index (Phi) is 7.88. The monoisotopic (exact) mass is 281 g/mol. The fourth-order valence-electron chi connectivity index (χ4n) is 0.718. The summed E-state index contributed by atoms with van der Waals surface area (Å²) < 4.78 is 27.6. The van der Waals surface area contributed by atoms with Crippen LogP contribution in [-0.2, 0) is 30.1 Å². The number of ether oxygens (including phenoxy) is 2. The van der Waals surface area contributed by atoms with Crippen LogP contribution in [0, 0.1) is 5.92 Å². The second kappa shape index (κ2) is 8.59. The minimum Gasteiger partial charge on any atom is -0.428 e. The number of nitrogens with one attached hydrogen (secondary N) is 1. The van der Waals surface area contributed by atoms with Crippen molar-refractivity contribution in [2.24, 2.45) is 5.92 Å². The fourth-order valence-corrected chi connectivity index (χ4v) is 1.10. The summed E-state index contributed by atoms with van der Waals surface area (Å²) in [5.74, 6) is -2.04. The topological polar surface area (TPSA) is 119 Å². The Labute approximate surface area is 106 Å². The third-order valence-electron chi connectivity index (χ3n) is 1.58. The highest BCUT2D eigenvalue weighted by Crippen LogP contribution is 1.95. The first-order chi connectivity index (χ1) is 8.32. The van der Waals surface area contributed by atoms with Gasteiger partial charge < -0.3 is 19.3 Å². The number of esters is 1. The molecule has 18 heavy (non-hydrogen) atoms. The van der Waals surface area contributed by atoms with Gasteiger partial charge in [0.15, 0.2) is 16.9 Å². The molecule has 8 nitrogen and oxygen atoms in total. The van der Waals surface area contributed by atoms with E-state index in [1.807, 2.05) is 5.32 Å². The number of amides is 1. The van der Waals surface area contributed by atoms with Crippen molar-refractivity contribution in [1.82, 2.24) is 5.32 Å². The number of alkyl carbamates (subject to hydrolysis) is 1. The summed E-state index contributed by atoms with van der Waals surface area (Å²) in [4.78, 5) is 32.9. The Hall–Kier alpha value is -1.48. The third-order valence-corrected chi connectivity index (χ3v) is 2.15. The van der Waals surface area contributed by atoms with Crippen molar-refractivity contribution < 1.29 is 32.6 Å². The Balaban J connectivity index is 3.69. The summed E-state index contributed by atoms with van der Waals surface area (Å²) in [6.07, 6.45) is -0.955. The van der Waals surface area contributed by atoms with Gasteiger partial charge in [0, 0.05) is 0 Å². The second-order valence-corrected chi connectivity index (χ2v) is 4.46. The molecule has 0 aromatic carbocycles. The molecule has 1 atom stereocenters. The van der Waals surface area contributed by atoms with Crippen molar-refractivity contribution in [2.45, 2.75) is 13.8 Å². The maximum Gasteiger partial charge on any atom is 0.410 e. The van der Waals surface area contributed by atoms with Crippen LogP contribution in [-0.4, -0.2) is 45.7 Å². The molecule has 2 N–H and O–H groups in total. The molecule has 0 aliphatic carbocycles. The first kappa shape index (κ1) is 16.5. The van der Waals surface area contributed by atoms with Gasteiger partial charge in [-0.15, -0.1) is 0 Å². The molecule has 104 valence electrons. The standard InChI is InChI=1S/C9H15NO7S/c1-6(2)8(12)16-5-17-9(13)10-3-7(11)4-18(14)15/h6H,3-5H2,1-2H3,(H,10,13)(H,14,15). The molecule has 1 unspecified atom stereocenters. The maximum absolute atomic E-state index is 11.0. The van der Waals surface area contributed by atoms with E-state index in [9.17, 15) is 18.6 Å². The summed E-state index contributed by atoms with van der Waals surface area (Å²) in [6.45, 7) is 2.26. The van der Waals surface area contributed by atoms with Gasteiger partial charge in [0.2, 0.25) is 6.79 Å². The molecule has 0 bridgehead atoms. The fraction of sp³-hybridized carbons (Fsp3) is 0.667. The van der Waals surface area contributed by atoms with E-state index in [2.05, 4.69) is 9.47 Å². The Bertz CT molecular complexity index is 342. The van der Waals surface area contributed by atoms with Gasteiger partial charge >= 0.3 is 12.1 Å². The number of hydrogen-bond donors (Lipinski definition) is 2.